The van der Waals surface area contributed by atoms with Crippen LogP contribution in [0.4, 0.5) is 0 Å². The van der Waals surface area contributed by atoms with Crippen molar-refractivity contribution in [3.63, 3.8) is 0 Å². The van der Waals surface area contributed by atoms with Crippen LogP contribution in [0.3, 0.4) is 0 Å². The first-order chi connectivity index (χ1) is 12.3. The van der Waals surface area contributed by atoms with Crippen molar-refractivity contribution in [2.24, 2.45) is 4.36 Å². The lowest BCUT2D eigenvalue weighted by atomic mass is 10.2. The molecule has 3 rings (SSSR count). The average molecular weight is 347 g/mol. The number of hydrogen-bond acceptors (Lipinski definition) is 2. The summed E-state index contributed by atoms with van der Waals surface area (Å²) in [7, 11) is -2.50. The maximum Gasteiger partial charge on any atom is 0.0791 e. The van der Waals surface area contributed by atoms with Crippen molar-refractivity contribution in [3.05, 3.63) is 108 Å². The second kappa shape index (κ2) is 8.45. The molecule has 0 aromatic heterocycles. The van der Waals surface area contributed by atoms with Crippen LogP contribution in [-0.4, -0.2) is 9.96 Å². The largest absolute Gasteiger partial charge is 0.244 e. The van der Waals surface area contributed by atoms with Gasteiger partial charge in [-0.15, -0.1) is 0 Å². The molecule has 1 unspecified atom stereocenters. The van der Waals surface area contributed by atoms with E-state index < -0.39 is 9.73 Å². The van der Waals surface area contributed by atoms with Crippen molar-refractivity contribution in [1.82, 2.24) is 0 Å². The lowest BCUT2D eigenvalue weighted by Crippen LogP contribution is -2.05. The smallest absolute Gasteiger partial charge is 0.0791 e. The normalized spacial score (nSPS) is 13.4. The summed E-state index contributed by atoms with van der Waals surface area (Å²) in [5, 5.41) is 0. The van der Waals surface area contributed by atoms with E-state index in [-0.39, 0.29) is 0 Å². The van der Waals surface area contributed by atoms with Gasteiger partial charge in [0, 0.05) is 4.90 Å². The van der Waals surface area contributed by atoms with Crippen molar-refractivity contribution in [2.75, 3.05) is 5.75 Å². The van der Waals surface area contributed by atoms with Gasteiger partial charge in [0.05, 0.1) is 22.0 Å². The third-order valence-electron chi connectivity index (χ3n) is 3.84. The molecule has 0 saturated carbocycles. The Balaban J connectivity index is 1.87. The molecular formula is C22H21NOS. The Hall–Kier alpha value is -2.65. The van der Waals surface area contributed by atoms with Crippen molar-refractivity contribution in [1.29, 1.82) is 0 Å². The minimum Gasteiger partial charge on any atom is -0.244 e. The number of benzene rings is 3. The lowest BCUT2D eigenvalue weighted by molar-refractivity contribution is 0.676. The first-order valence-corrected chi connectivity index (χ1v) is 9.96. The zero-order chi connectivity index (χ0) is 17.4. The SMILES string of the molecule is O=S(C/C=C/c1ccccc1)(=NCc1ccccc1)c1ccccc1. The molecule has 0 spiro atoms. The Morgan fingerprint density at radius 2 is 1.32 bits per heavy atom. The third-order valence-corrected chi connectivity index (χ3v) is 6.04. The maximum atomic E-state index is 13.5. The minimum absolute atomic E-state index is 0.402. The predicted octanol–water partition coefficient (Wildman–Crippen LogP) is 5.43. The average Bonchev–Trinajstić information content (AvgIpc) is 2.69. The van der Waals surface area contributed by atoms with Crippen LogP contribution in [0.25, 0.3) is 6.08 Å². The minimum atomic E-state index is -2.50. The summed E-state index contributed by atoms with van der Waals surface area (Å²) in [6.45, 7) is 0.452. The molecular weight excluding hydrogens is 326 g/mol. The van der Waals surface area contributed by atoms with Crippen molar-refractivity contribution < 1.29 is 4.21 Å². The molecule has 0 saturated heterocycles. The number of hydrogen-bond donors (Lipinski definition) is 0. The van der Waals surface area contributed by atoms with E-state index in [2.05, 4.69) is 4.36 Å². The van der Waals surface area contributed by atoms with Crippen molar-refractivity contribution in [3.8, 4) is 0 Å². The van der Waals surface area contributed by atoms with Gasteiger partial charge in [-0.2, -0.15) is 0 Å². The van der Waals surface area contributed by atoms with Gasteiger partial charge in [0.15, 0.2) is 0 Å². The topological polar surface area (TPSA) is 29.4 Å². The number of rotatable bonds is 6. The van der Waals surface area contributed by atoms with Crippen LogP contribution in [0.5, 0.6) is 0 Å². The van der Waals surface area contributed by atoms with Gasteiger partial charge in [0.1, 0.15) is 0 Å². The first kappa shape index (κ1) is 17.2. The van der Waals surface area contributed by atoms with E-state index >= 15 is 0 Å². The maximum absolute atomic E-state index is 13.5. The standard InChI is InChI=1S/C22H21NOS/c24-25(22-16-8-3-9-17-22,23-19-21-13-6-2-7-14-21)18-10-15-20-11-4-1-5-12-20/h1-17H,18-19H2/b15-10+. The summed E-state index contributed by atoms with van der Waals surface area (Å²) < 4.78 is 18.1. The second-order valence-electron chi connectivity index (χ2n) is 5.71. The lowest BCUT2D eigenvalue weighted by Gasteiger charge is -2.09. The van der Waals surface area contributed by atoms with Crippen LogP contribution in [-0.2, 0) is 16.3 Å². The molecule has 0 amide bonds. The van der Waals surface area contributed by atoms with Gasteiger partial charge in [-0.05, 0) is 23.3 Å². The van der Waals surface area contributed by atoms with E-state index in [1.807, 2.05) is 103 Å². The van der Waals surface area contributed by atoms with E-state index in [1.54, 1.807) is 0 Å². The van der Waals surface area contributed by atoms with Crippen LogP contribution in [0.15, 0.2) is 106 Å². The summed E-state index contributed by atoms with van der Waals surface area (Å²) in [6.07, 6.45) is 3.96. The monoisotopic (exact) mass is 347 g/mol. The second-order valence-corrected chi connectivity index (χ2v) is 8.05. The van der Waals surface area contributed by atoms with Gasteiger partial charge in [-0.25, -0.2) is 8.57 Å². The summed E-state index contributed by atoms with van der Waals surface area (Å²) in [5.41, 5.74) is 2.17. The van der Waals surface area contributed by atoms with Crippen LogP contribution in [0.1, 0.15) is 11.1 Å². The first-order valence-electron chi connectivity index (χ1n) is 8.27. The van der Waals surface area contributed by atoms with E-state index in [4.69, 9.17) is 0 Å². The summed E-state index contributed by atoms with van der Waals surface area (Å²) in [6, 6.07) is 29.5. The van der Waals surface area contributed by atoms with E-state index in [0.29, 0.717) is 12.3 Å². The van der Waals surface area contributed by atoms with Gasteiger partial charge in [0.2, 0.25) is 0 Å². The quantitative estimate of drug-likeness (QED) is 0.585. The Kier molecular flexibility index (Phi) is 5.81. The molecule has 3 heteroatoms. The van der Waals surface area contributed by atoms with Gasteiger partial charge in [-0.1, -0.05) is 91.0 Å². The van der Waals surface area contributed by atoms with E-state index in [1.165, 1.54) is 0 Å². The molecule has 126 valence electrons. The van der Waals surface area contributed by atoms with E-state index in [0.717, 1.165) is 16.0 Å². The van der Waals surface area contributed by atoms with Crippen LogP contribution >= 0.6 is 0 Å². The molecule has 25 heavy (non-hydrogen) atoms. The fourth-order valence-corrected chi connectivity index (χ4v) is 4.24. The molecule has 3 aromatic carbocycles. The highest BCUT2D eigenvalue weighted by Gasteiger charge is 2.10. The molecule has 3 aromatic rings. The van der Waals surface area contributed by atoms with Crippen molar-refractivity contribution in [2.45, 2.75) is 11.4 Å². The Morgan fingerprint density at radius 3 is 1.96 bits per heavy atom. The van der Waals surface area contributed by atoms with Gasteiger partial charge < -0.3 is 0 Å². The highest BCUT2D eigenvalue weighted by Crippen LogP contribution is 2.16. The predicted molar refractivity (Wildman–Crippen MR) is 106 cm³/mol. The molecule has 0 N–H and O–H groups in total. The van der Waals surface area contributed by atoms with Crippen LogP contribution in [0, 0.1) is 0 Å². The third kappa shape index (κ3) is 4.91. The molecule has 0 aliphatic heterocycles. The summed E-state index contributed by atoms with van der Waals surface area (Å²) >= 11 is 0. The fourth-order valence-electron chi connectivity index (χ4n) is 2.50. The molecule has 2 nitrogen and oxygen atoms in total. The van der Waals surface area contributed by atoms with Gasteiger partial charge in [0.25, 0.3) is 0 Å². The zero-order valence-corrected chi connectivity index (χ0v) is 14.8. The highest BCUT2D eigenvalue weighted by molar-refractivity contribution is 7.93. The molecule has 0 fully saturated rings. The zero-order valence-electron chi connectivity index (χ0n) is 14.0. The molecule has 0 heterocycles. The molecule has 0 aliphatic carbocycles. The van der Waals surface area contributed by atoms with Gasteiger partial charge >= 0.3 is 0 Å². The van der Waals surface area contributed by atoms with Crippen LogP contribution < -0.4 is 0 Å². The number of nitrogens with zero attached hydrogens (tertiary/aromatic N) is 1. The molecule has 0 bridgehead atoms. The van der Waals surface area contributed by atoms with Gasteiger partial charge in [-0.3, -0.25) is 0 Å². The Morgan fingerprint density at radius 1 is 0.760 bits per heavy atom. The van der Waals surface area contributed by atoms with Crippen LogP contribution in [0.2, 0.25) is 0 Å². The highest BCUT2D eigenvalue weighted by atomic mass is 32.2. The Labute approximate surface area is 150 Å². The van der Waals surface area contributed by atoms with E-state index in [9.17, 15) is 4.21 Å². The summed E-state index contributed by atoms with van der Waals surface area (Å²) in [5.74, 6) is 0.402. The Bertz CT molecular complexity index is 926. The summed E-state index contributed by atoms with van der Waals surface area (Å²) in [4.78, 5) is 0.781. The van der Waals surface area contributed by atoms with Crippen molar-refractivity contribution >= 4 is 15.8 Å². The molecule has 0 aliphatic rings. The molecule has 0 radical (unpaired) electrons. The fraction of sp³-hybridized carbons (Fsp3) is 0.0909. The molecule has 1 atom stereocenters.